The third-order valence-electron chi connectivity index (χ3n) is 7.14. The topological polar surface area (TPSA) is 109 Å². The molecule has 0 aromatic heterocycles. The number of esters is 2. The third kappa shape index (κ3) is 11.7. The molecule has 5 atom stereocenters. The maximum Gasteiger partial charge on any atom is 0.306 e. The van der Waals surface area contributed by atoms with Crippen molar-refractivity contribution in [1.82, 2.24) is 5.32 Å². The van der Waals surface area contributed by atoms with E-state index in [4.69, 9.17) is 23.7 Å². The molecule has 236 valence electrons. The zero-order chi connectivity index (χ0) is 30.9. The standard InChI is InChI=1S/C34H47NO8/c1-4-7-20-29(37)39-24-27-32(43-30(38)21-8-5-2)33(40-22-25-16-11-9-12-17-25)31(35-28(36)15-6-3)34(42-27)41-23-26-18-13-10-14-19-26/h9-14,16-19,27,31-34H,4-8,15,20-24H2,1-3H3,(H,35,36)/t27-,31-,32-,33-,34?/m1/s1. The molecule has 1 saturated heterocycles. The molecule has 9 heteroatoms. The Bertz CT molecular complexity index is 1100. The molecule has 0 radical (unpaired) electrons. The van der Waals surface area contributed by atoms with Crippen molar-refractivity contribution < 1.29 is 38.1 Å². The Morgan fingerprint density at radius 3 is 1.88 bits per heavy atom. The third-order valence-corrected chi connectivity index (χ3v) is 7.14. The first-order valence-corrected chi connectivity index (χ1v) is 15.6. The maximum absolute atomic E-state index is 13.0. The van der Waals surface area contributed by atoms with Crippen LogP contribution in [0.4, 0.5) is 0 Å². The molecular formula is C34H47NO8. The van der Waals surface area contributed by atoms with E-state index in [0.717, 1.165) is 24.0 Å². The summed E-state index contributed by atoms with van der Waals surface area (Å²) >= 11 is 0. The highest BCUT2D eigenvalue weighted by atomic mass is 16.7. The lowest BCUT2D eigenvalue weighted by atomic mass is 9.95. The number of hydrogen-bond acceptors (Lipinski definition) is 8. The van der Waals surface area contributed by atoms with Crippen molar-refractivity contribution in [2.75, 3.05) is 6.61 Å². The van der Waals surface area contributed by atoms with E-state index < -0.39 is 36.6 Å². The fourth-order valence-corrected chi connectivity index (χ4v) is 4.78. The number of rotatable bonds is 18. The first-order chi connectivity index (χ1) is 20.9. The molecule has 1 fully saturated rings. The zero-order valence-corrected chi connectivity index (χ0v) is 25.7. The summed E-state index contributed by atoms with van der Waals surface area (Å²) in [5.74, 6) is -0.963. The normalized spacial score (nSPS) is 21.6. The van der Waals surface area contributed by atoms with Crippen LogP contribution in [-0.4, -0.2) is 55.1 Å². The molecule has 9 nitrogen and oxygen atoms in total. The predicted molar refractivity (Wildman–Crippen MR) is 162 cm³/mol. The molecule has 1 amide bonds. The summed E-state index contributed by atoms with van der Waals surface area (Å²) in [6.45, 7) is 6.17. The lowest BCUT2D eigenvalue weighted by molar-refractivity contribution is -0.286. The molecule has 1 aliphatic rings. The van der Waals surface area contributed by atoms with Crippen LogP contribution < -0.4 is 5.32 Å². The van der Waals surface area contributed by atoms with E-state index in [1.807, 2.05) is 81.4 Å². The molecule has 1 aliphatic heterocycles. The van der Waals surface area contributed by atoms with Crippen molar-refractivity contribution in [3.05, 3.63) is 71.8 Å². The van der Waals surface area contributed by atoms with Crippen LogP contribution in [0.3, 0.4) is 0 Å². The van der Waals surface area contributed by atoms with Gasteiger partial charge < -0.3 is 29.0 Å². The van der Waals surface area contributed by atoms with E-state index in [1.165, 1.54) is 0 Å². The molecule has 3 rings (SSSR count). The van der Waals surface area contributed by atoms with Crippen LogP contribution in [0.1, 0.15) is 83.3 Å². The maximum atomic E-state index is 13.0. The van der Waals surface area contributed by atoms with Crippen molar-refractivity contribution in [2.24, 2.45) is 0 Å². The average Bonchev–Trinajstić information content (AvgIpc) is 3.02. The molecule has 0 aliphatic carbocycles. The Labute approximate surface area is 255 Å². The van der Waals surface area contributed by atoms with Crippen LogP contribution in [0.15, 0.2) is 60.7 Å². The van der Waals surface area contributed by atoms with E-state index in [2.05, 4.69) is 5.32 Å². The van der Waals surface area contributed by atoms with E-state index in [9.17, 15) is 14.4 Å². The van der Waals surface area contributed by atoms with E-state index in [-0.39, 0.29) is 44.5 Å². The summed E-state index contributed by atoms with van der Waals surface area (Å²) in [4.78, 5) is 38.4. The highest BCUT2D eigenvalue weighted by Crippen LogP contribution is 2.30. The molecule has 0 bridgehead atoms. The summed E-state index contributed by atoms with van der Waals surface area (Å²) in [7, 11) is 0. The summed E-state index contributed by atoms with van der Waals surface area (Å²) in [6.07, 6.45) is 0.853. The minimum Gasteiger partial charge on any atom is -0.463 e. The molecular weight excluding hydrogens is 550 g/mol. The highest BCUT2D eigenvalue weighted by molar-refractivity contribution is 5.76. The van der Waals surface area contributed by atoms with Crippen molar-refractivity contribution in [2.45, 2.75) is 116 Å². The monoisotopic (exact) mass is 597 g/mol. The molecule has 2 aromatic rings. The van der Waals surface area contributed by atoms with Gasteiger partial charge in [0, 0.05) is 19.3 Å². The molecule has 43 heavy (non-hydrogen) atoms. The Hall–Kier alpha value is -3.27. The summed E-state index contributed by atoms with van der Waals surface area (Å²) in [5, 5.41) is 3.04. The van der Waals surface area contributed by atoms with Gasteiger partial charge in [-0.05, 0) is 30.4 Å². The number of hydrogen-bond donors (Lipinski definition) is 1. The number of nitrogens with one attached hydrogen (secondary N) is 1. The Balaban J connectivity index is 1.95. The van der Waals surface area contributed by atoms with Crippen molar-refractivity contribution >= 4 is 17.8 Å². The average molecular weight is 598 g/mol. The predicted octanol–water partition coefficient (Wildman–Crippen LogP) is 5.63. The highest BCUT2D eigenvalue weighted by Gasteiger charge is 2.50. The second-order valence-electron chi connectivity index (χ2n) is 10.8. The molecule has 2 aromatic carbocycles. The van der Waals surface area contributed by atoms with Gasteiger partial charge in [-0.25, -0.2) is 0 Å². The summed E-state index contributed by atoms with van der Waals surface area (Å²) in [6, 6.07) is 18.4. The fourth-order valence-electron chi connectivity index (χ4n) is 4.78. The van der Waals surface area contributed by atoms with Gasteiger partial charge in [0.1, 0.15) is 24.9 Å². The molecule has 1 unspecified atom stereocenters. The largest absolute Gasteiger partial charge is 0.463 e. The van der Waals surface area contributed by atoms with Gasteiger partial charge in [-0.1, -0.05) is 94.3 Å². The minimum atomic E-state index is -0.966. The van der Waals surface area contributed by atoms with Gasteiger partial charge in [0.05, 0.1) is 13.2 Å². The molecule has 0 saturated carbocycles. The first kappa shape index (κ1) is 34.2. The van der Waals surface area contributed by atoms with E-state index in [0.29, 0.717) is 25.7 Å². The number of ether oxygens (including phenoxy) is 5. The Morgan fingerprint density at radius 2 is 1.30 bits per heavy atom. The quantitative estimate of drug-likeness (QED) is 0.220. The first-order valence-electron chi connectivity index (χ1n) is 15.6. The van der Waals surface area contributed by atoms with E-state index >= 15 is 0 Å². The van der Waals surface area contributed by atoms with Gasteiger partial charge in [-0.3, -0.25) is 14.4 Å². The number of carbonyl (C=O) groups is 3. The van der Waals surface area contributed by atoms with Crippen LogP contribution in [0.2, 0.25) is 0 Å². The van der Waals surface area contributed by atoms with Gasteiger partial charge in [0.15, 0.2) is 12.4 Å². The second-order valence-corrected chi connectivity index (χ2v) is 10.8. The number of unbranched alkanes of at least 4 members (excludes halogenated alkanes) is 2. The van der Waals surface area contributed by atoms with Crippen LogP contribution in [0.25, 0.3) is 0 Å². The Morgan fingerprint density at radius 1 is 0.721 bits per heavy atom. The Kier molecular flexibility index (Phi) is 15.2. The SMILES string of the molecule is CCCCC(=O)OC[C@H]1OC(OCc2ccccc2)[C@H](NC(=O)CCC)[C@@H](OCc2ccccc2)[C@@H]1OC(=O)CCCC. The summed E-state index contributed by atoms with van der Waals surface area (Å²) < 4.78 is 30.7. The van der Waals surface area contributed by atoms with Crippen molar-refractivity contribution in [3.63, 3.8) is 0 Å². The van der Waals surface area contributed by atoms with E-state index in [1.54, 1.807) is 0 Å². The number of benzene rings is 2. The van der Waals surface area contributed by atoms with Crippen LogP contribution >= 0.6 is 0 Å². The smallest absolute Gasteiger partial charge is 0.306 e. The molecule has 0 spiro atoms. The number of carbonyl (C=O) groups excluding carboxylic acids is 3. The van der Waals surface area contributed by atoms with Gasteiger partial charge in [-0.15, -0.1) is 0 Å². The van der Waals surface area contributed by atoms with Gasteiger partial charge in [0.2, 0.25) is 5.91 Å². The molecule has 1 N–H and O–H groups in total. The summed E-state index contributed by atoms with van der Waals surface area (Å²) in [5.41, 5.74) is 1.83. The van der Waals surface area contributed by atoms with Crippen molar-refractivity contribution in [1.29, 1.82) is 0 Å². The lowest BCUT2D eigenvalue weighted by Gasteiger charge is -2.45. The minimum absolute atomic E-state index is 0.152. The van der Waals surface area contributed by atoms with Crippen LogP contribution in [-0.2, 0) is 51.3 Å². The van der Waals surface area contributed by atoms with Gasteiger partial charge in [0.25, 0.3) is 0 Å². The van der Waals surface area contributed by atoms with Crippen LogP contribution in [0, 0.1) is 0 Å². The van der Waals surface area contributed by atoms with Crippen molar-refractivity contribution in [3.8, 4) is 0 Å². The lowest BCUT2D eigenvalue weighted by Crippen LogP contribution is -2.66. The van der Waals surface area contributed by atoms with Gasteiger partial charge in [-0.2, -0.15) is 0 Å². The molecule has 1 heterocycles. The number of amides is 1. The van der Waals surface area contributed by atoms with Crippen LogP contribution in [0.5, 0.6) is 0 Å². The fraction of sp³-hybridized carbons (Fsp3) is 0.559. The van der Waals surface area contributed by atoms with Gasteiger partial charge >= 0.3 is 11.9 Å². The second kappa shape index (κ2) is 19.1. The zero-order valence-electron chi connectivity index (χ0n) is 25.7.